The predicted molar refractivity (Wildman–Crippen MR) is 68.0 cm³/mol. The third kappa shape index (κ3) is 4.26. The number of hydrogen-bond acceptors (Lipinski definition) is 4. The standard InChI is InChI=1S/C12H25N3O2/c1-4-17-10-7-14-11(16)12(2,3)15-8-5-13-6-9-15/h13H,4-10H2,1-3H3,(H,14,16). The van der Waals surface area contributed by atoms with Crippen LogP contribution in [0.15, 0.2) is 0 Å². The van der Waals surface area contributed by atoms with Gasteiger partial charge in [0.05, 0.1) is 12.1 Å². The molecule has 17 heavy (non-hydrogen) atoms. The highest BCUT2D eigenvalue weighted by atomic mass is 16.5. The average molecular weight is 243 g/mol. The number of nitrogens with one attached hydrogen (secondary N) is 2. The van der Waals surface area contributed by atoms with Crippen LogP contribution in [0.3, 0.4) is 0 Å². The van der Waals surface area contributed by atoms with Crippen molar-refractivity contribution < 1.29 is 9.53 Å². The maximum atomic E-state index is 12.1. The van der Waals surface area contributed by atoms with Crippen LogP contribution in [-0.4, -0.2) is 62.3 Å². The Hall–Kier alpha value is -0.650. The first-order chi connectivity index (χ1) is 8.09. The highest BCUT2D eigenvalue weighted by Crippen LogP contribution is 2.14. The van der Waals surface area contributed by atoms with Crippen molar-refractivity contribution in [2.75, 3.05) is 45.9 Å². The maximum Gasteiger partial charge on any atom is 0.240 e. The first kappa shape index (κ1) is 14.4. The van der Waals surface area contributed by atoms with Crippen molar-refractivity contribution in [3.63, 3.8) is 0 Å². The summed E-state index contributed by atoms with van der Waals surface area (Å²) in [7, 11) is 0. The minimum atomic E-state index is -0.436. The summed E-state index contributed by atoms with van der Waals surface area (Å²) in [6.45, 7) is 11.5. The van der Waals surface area contributed by atoms with Gasteiger partial charge in [-0.25, -0.2) is 0 Å². The molecule has 0 aromatic carbocycles. The minimum Gasteiger partial charge on any atom is -0.380 e. The van der Waals surface area contributed by atoms with Crippen molar-refractivity contribution >= 4 is 5.91 Å². The molecule has 0 spiro atoms. The predicted octanol–water partition coefficient (Wildman–Crippen LogP) is -0.177. The molecular formula is C12H25N3O2. The Labute approximate surface area is 104 Å². The van der Waals surface area contributed by atoms with Crippen molar-refractivity contribution in [1.82, 2.24) is 15.5 Å². The normalized spacial score (nSPS) is 18.1. The zero-order chi connectivity index (χ0) is 12.7. The summed E-state index contributed by atoms with van der Waals surface area (Å²) in [5.74, 6) is 0.0825. The van der Waals surface area contributed by atoms with E-state index in [1.165, 1.54) is 0 Å². The topological polar surface area (TPSA) is 53.6 Å². The van der Waals surface area contributed by atoms with E-state index in [1.54, 1.807) is 0 Å². The molecule has 1 aliphatic heterocycles. The van der Waals surface area contributed by atoms with Gasteiger partial charge in [-0.3, -0.25) is 9.69 Å². The van der Waals surface area contributed by atoms with Gasteiger partial charge in [-0.05, 0) is 20.8 Å². The van der Waals surface area contributed by atoms with Crippen LogP contribution in [0.25, 0.3) is 0 Å². The van der Waals surface area contributed by atoms with E-state index in [1.807, 2.05) is 20.8 Å². The third-order valence-corrected chi connectivity index (χ3v) is 3.20. The van der Waals surface area contributed by atoms with E-state index in [0.717, 1.165) is 26.2 Å². The molecule has 1 rings (SSSR count). The summed E-state index contributed by atoms with van der Waals surface area (Å²) < 4.78 is 5.20. The molecule has 5 nitrogen and oxygen atoms in total. The molecule has 1 saturated heterocycles. The van der Waals surface area contributed by atoms with Crippen LogP contribution < -0.4 is 10.6 Å². The second kappa shape index (κ2) is 6.93. The van der Waals surface area contributed by atoms with Crippen LogP contribution in [0.2, 0.25) is 0 Å². The molecule has 5 heteroatoms. The SMILES string of the molecule is CCOCCNC(=O)C(C)(C)N1CCNCC1. The Morgan fingerprint density at radius 1 is 1.41 bits per heavy atom. The summed E-state index contributed by atoms with van der Waals surface area (Å²) in [6.07, 6.45) is 0. The van der Waals surface area contributed by atoms with Gasteiger partial charge >= 0.3 is 0 Å². The summed E-state index contributed by atoms with van der Waals surface area (Å²) in [5.41, 5.74) is -0.436. The lowest BCUT2D eigenvalue weighted by Gasteiger charge is -2.39. The monoisotopic (exact) mass is 243 g/mol. The van der Waals surface area contributed by atoms with Gasteiger partial charge in [-0.1, -0.05) is 0 Å². The van der Waals surface area contributed by atoms with Crippen LogP contribution >= 0.6 is 0 Å². The Kier molecular flexibility index (Phi) is 5.88. The summed E-state index contributed by atoms with van der Waals surface area (Å²) >= 11 is 0. The molecule has 1 fully saturated rings. The second-order valence-electron chi connectivity index (χ2n) is 4.75. The molecule has 0 unspecified atom stereocenters. The number of hydrogen-bond donors (Lipinski definition) is 2. The second-order valence-corrected chi connectivity index (χ2v) is 4.75. The third-order valence-electron chi connectivity index (χ3n) is 3.20. The van der Waals surface area contributed by atoms with Gasteiger partial charge in [-0.2, -0.15) is 0 Å². The molecule has 0 aromatic heterocycles. The molecule has 1 heterocycles. The summed E-state index contributed by atoms with van der Waals surface area (Å²) in [5, 5.41) is 6.22. The zero-order valence-corrected chi connectivity index (χ0v) is 11.2. The van der Waals surface area contributed by atoms with Crippen LogP contribution in [0, 0.1) is 0 Å². The fourth-order valence-corrected chi connectivity index (χ4v) is 1.96. The number of amides is 1. The quantitative estimate of drug-likeness (QED) is 0.636. The van der Waals surface area contributed by atoms with E-state index in [9.17, 15) is 4.79 Å². The van der Waals surface area contributed by atoms with Crippen LogP contribution in [0.4, 0.5) is 0 Å². The Bertz CT molecular complexity index is 238. The first-order valence-electron chi connectivity index (χ1n) is 6.41. The van der Waals surface area contributed by atoms with Gasteiger partial charge in [0.2, 0.25) is 5.91 Å². The van der Waals surface area contributed by atoms with Crippen LogP contribution in [-0.2, 0) is 9.53 Å². The molecule has 1 amide bonds. The van der Waals surface area contributed by atoms with Gasteiger partial charge in [-0.15, -0.1) is 0 Å². The van der Waals surface area contributed by atoms with Gasteiger partial charge in [0.1, 0.15) is 0 Å². The Morgan fingerprint density at radius 3 is 2.65 bits per heavy atom. The molecule has 2 N–H and O–H groups in total. The van der Waals surface area contributed by atoms with E-state index in [0.29, 0.717) is 19.8 Å². The molecule has 0 saturated carbocycles. The van der Waals surface area contributed by atoms with Gasteiger partial charge < -0.3 is 15.4 Å². The van der Waals surface area contributed by atoms with Gasteiger partial charge in [0.25, 0.3) is 0 Å². The van der Waals surface area contributed by atoms with E-state index in [4.69, 9.17) is 4.74 Å². The van der Waals surface area contributed by atoms with Crippen LogP contribution in [0.1, 0.15) is 20.8 Å². The van der Waals surface area contributed by atoms with Gasteiger partial charge in [0.15, 0.2) is 0 Å². The number of piperazine rings is 1. The molecule has 0 aromatic rings. The summed E-state index contributed by atoms with van der Waals surface area (Å²) in [6, 6.07) is 0. The average Bonchev–Trinajstić information content (AvgIpc) is 2.35. The number of nitrogens with zero attached hydrogens (tertiary/aromatic N) is 1. The smallest absolute Gasteiger partial charge is 0.240 e. The summed E-state index contributed by atoms with van der Waals surface area (Å²) in [4.78, 5) is 14.3. The number of rotatable bonds is 6. The Balaban J connectivity index is 2.36. The van der Waals surface area contributed by atoms with Crippen molar-refractivity contribution in [3.05, 3.63) is 0 Å². The van der Waals surface area contributed by atoms with E-state index >= 15 is 0 Å². The molecule has 0 aliphatic carbocycles. The number of carbonyl (C=O) groups excluding carboxylic acids is 1. The molecule has 0 atom stereocenters. The van der Waals surface area contributed by atoms with Crippen molar-refractivity contribution in [2.24, 2.45) is 0 Å². The molecule has 1 aliphatic rings. The largest absolute Gasteiger partial charge is 0.380 e. The van der Waals surface area contributed by atoms with Crippen molar-refractivity contribution in [3.8, 4) is 0 Å². The fourth-order valence-electron chi connectivity index (χ4n) is 1.96. The fraction of sp³-hybridized carbons (Fsp3) is 0.917. The highest BCUT2D eigenvalue weighted by molar-refractivity contribution is 5.85. The lowest BCUT2D eigenvalue weighted by atomic mass is 10.0. The molecule has 100 valence electrons. The van der Waals surface area contributed by atoms with Gasteiger partial charge in [0, 0.05) is 39.3 Å². The van der Waals surface area contributed by atoms with E-state index in [2.05, 4.69) is 15.5 Å². The van der Waals surface area contributed by atoms with E-state index in [-0.39, 0.29) is 5.91 Å². The minimum absolute atomic E-state index is 0.0825. The Morgan fingerprint density at radius 2 is 2.06 bits per heavy atom. The lowest BCUT2D eigenvalue weighted by Crippen LogP contribution is -2.60. The molecular weight excluding hydrogens is 218 g/mol. The van der Waals surface area contributed by atoms with E-state index < -0.39 is 5.54 Å². The maximum absolute atomic E-state index is 12.1. The number of carbonyl (C=O) groups is 1. The zero-order valence-electron chi connectivity index (χ0n) is 11.2. The van der Waals surface area contributed by atoms with Crippen molar-refractivity contribution in [2.45, 2.75) is 26.3 Å². The molecule has 0 radical (unpaired) electrons. The van der Waals surface area contributed by atoms with Crippen LogP contribution in [0.5, 0.6) is 0 Å². The lowest BCUT2D eigenvalue weighted by molar-refractivity contribution is -0.132. The van der Waals surface area contributed by atoms with Crippen molar-refractivity contribution in [1.29, 1.82) is 0 Å². The first-order valence-corrected chi connectivity index (χ1v) is 6.41. The highest BCUT2D eigenvalue weighted by Gasteiger charge is 2.34. The number of ether oxygens (including phenoxy) is 1. The molecule has 0 bridgehead atoms.